The van der Waals surface area contributed by atoms with Gasteiger partial charge in [-0.3, -0.25) is 4.79 Å². The first kappa shape index (κ1) is 21.3. The number of hydrogen-bond donors (Lipinski definition) is 0. The van der Waals surface area contributed by atoms with Gasteiger partial charge in [-0.25, -0.2) is 8.42 Å². The van der Waals surface area contributed by atoms with Gasteiger partial charge >= 0.3 is 0 Å². The highest BCUT2D eigenvalue weighted by atomic mass is 32.2. The number of amides is 1. The largest absolute Gasteiger partial charge is 0.342 e. The fourth-order valence-corrected chi connectivity index (χ4v) is 5.58. The molecule has 0 spiro atoms. The number of carbonyl (C=O) groups excluding carboxylic acids is 1. The van der Waals surface area contributed by atoms with E-state index in [1.807, 2.05) is 17.0 Å². The van der Waals surface area contributed by atoms with Crippen LogP contribution in [0, 0.1) is 11.8 Å². The lowest BCUT2D eigenvalue weighted by atomic mass is 9.87. The Hall–Kier alpha value is -1.40. The van der Waals surface area contributed by atoms with Crippen molar-refractivity contribution in [3.8, 4) is 0 Å². The fraction of sp³-hybridized carbons (Fsp3) is 0.682. The Morgan fingerprint density at radius 2 is 1.46 bits per heavy atom. The third-order valence-electron chi connectivity index (χ3n) is 6.26. The van der Waals surface area contributed by atoms with Crippen LogP contribution >= 0.6 is 0 Å². The van der Waals surface area contributed by atoms with Crippen LogP contribution in [0.15, 0.2) is 29.2 Å². The number of likely N-dealkylation sites (tertiary alicyclic amines) is 1. The van der Waals surface area contributed by atoms with Gasteiger partial charge in [0.05, 0.1) is 4.90 Å². The topological polar surface area (TPSA) is 57.7 Å². The Bertz CT molecular complexity index is 780. The summed E-state index contributed by atoms with van der Waals surface area (Å²) < 4.78 is 27.5. The standard InChI is InChI=1S/C22H34N2O3S/c1-17-9-13-23(14-10-17)21(25)18-11-15-24(16-12-18)28(26,27)20-7-5-19(6-8-20)22(2,3)4/h5-8,17-18H,9-16H2,1-4H3. The first-order valence-corrected chi connectivity index (χ1v) is 11.9. The summed E-state index contributed by atoms with van der Waals surface area (Å²) in [6, 6.07) is 7.23. The number of rotatable bonds is 3. The van der Waals surface area contributed by atoms with Crippen LogP contribution in [0.3, 0.4) is 0 Å². The Labute approximate surface area is 170 Å². The van der Waals surface area contributed by atoms with Crippen LogP contribution in [0.2, 0.25) is 0 Å². The normalized spacial score (nSPS) is 21.1. The molecular weight excluding hydrogens is 372 g/mol. The molecule has 0 aliphatic carbocycles. The molecule has 0 unspecified atom stereocenters. The van der Waals surface area contributed by atoms with E-state index in [-0.39, 0.29) is 17.2 Å². The average Bonchev–Trinajstić information content (AvgIpc) is 2.67. The summed E-state index contributed by atoms with van der Waals surface area (Å²) in [5.41, 5.74) is 1.11. The summed E-state index contributed by atoms with van der Waals surface area (Å²) in [4.78, 5) is 15.1. The maximum absolute atomic E-state index is 13.0. The van der Waals surface area contributed by atoms with Crippen molar-refractivity contribution in [2.75, 3.05) is 26.2 Å². The van der Waals surface area contributed by atoms with Crippen molar-refractivity contribution in [1.29, 1.82) is 0 Å². The summed E-state index contributed by atoms with van der Waals surface area (Å²) >= 11 is 0. The second-order valence-electron chi connectivity index (χ2n) is 9.46. The molecule has 0 radical (unpaired) electrons. The molecule has 0 atom stereocenters. The molecule has 1 amide bonds. The second-order valence-corrected chi connectivity index (χ2v) is 11.4. The van der Waals surface area contributed by atoms with E-state index in [0.29, 0.717) is 36.7 Å². The van der Waals surface area contributed by atoms with Crippen molar-refractivity contribution in [3.63, 3.8) is 0 Å². The molecule has 2 aliphatic heterocycles. The minimum Gasteiger partial charge on any atom is -0.342 e. The smallest absolute Gasteiger partial charge is 0.243 e. The second kappa shape index (κ2) is 8.15. The van der Waals surface area contributed by atoms with Gasteiger partial charge in [-0.15, -0.1) is 0 Å². The van der Waals surface area contributed by atoms with Gasteiger partial charge in [0.15, 0.2) is 0 Å². The zero-order chi connectivity index (χ0) is 20.5. The molecular formula is C22H34N2O3S. The lowest BCUT2D eigenvalue weighted by molar-refractivity contribution is -0.138. The van der Waals surface area contributed by atoms with Crippen LogP contribution in [-0.2, 0) is 20.2 Å². The lowest BCUT2D eigenvalue weighted by Crippen LogP contribution is -2.46. The van der Waals surface area contributed by atoms with Gasteiger partial charge in [0.2, 0.25) is 15.9 Å². The van der Waals surface area contributed by atoms with E-state index in [2.05, 4.69) is 27.7 Å². The maximum Gasteiger partial charge on any atom is 0.243 e. The van der Waals surface area contributed by atoms with Crippen molar-refractivity contribution < 1.29 is 13.2 Å². The molecule has 0 N–H and O–H groups in total. The Balaban J connectivity index is 1.61. The number of piperidine rings is 2. The van der Waals surface area contributed by atoms with Crippen LogP contribution in [0.25, 0.3) is 0 Å². The zero-order valence-electron chi connectivity index (χ0n) is 17.6. The molecule has 1 aromatic carbocycles. The predicted octanol–water partition coefficient (Wildman–Crippen LogP) is 3.64. The van der Waals surface area contributed by atoms with Crippen LogP contribution in [-0.4, -0.2) is 49.7 Å². The highest BCUT2D eigenvalue weighted by Gasteiger charge is 2.34. The van der Waals surface area contributed by atoms with E-state index >= 15 is 0 Å². The van der Waals surface area contributed by atoms with E-state index in [1.165, 1.54) is 0 Å². The summed E-state index contributed by atoms with van der Waals surface area (Å²) in [5, 5.41) is 0. The average molecular weight is 407 g/mol. The van der Waals surface area contributed by atoms with Crippen molar-refractivity contribution in [2.24, 2.45) is 11.8 Å². The van der Waals surface area contributed by atoms with E-state index in [1.54, 1.807) is 16.4 Å². The van der Waals surface area contributed by atoms with Crippen LogP contribution in [0.1, 0.15) is 58.9 Å². The maximum atomic E-state index is 13.0. The highest BCUT2D eigenvalue weighted by molar-refractivity contribution is 7.89. The third kappa shape index (κ3) is 4.60. The number of sulfonamides is 1. The zero-order valence-corrected chi connectivity index (χ0v) is 18.5. The number of carbonyl (C=O) groups is 1. The monoisotopic (exact) mass is 406 g/mol. The van der Waals surface area contributed by atoms with Gasteiger partial charge < -0.3 is 4.90 Å². The highest BCUT2D eigenvalue weighted by Crippen LogP contribution is 2.28. The third-order valence-corrected chi connectivity index (χ3v) is 8.17. The number of hydrogen-bond acceptors (Lipinski definition) is 3. The predicted molar refractivity (Wildman–Crippen MR) is 112 cm³/mol. The first-order chi connectivity index (χ1) is 13.1. The molecule has 2 heterocycles. The van der Waals surface area contributed by atoms with Gasteiger partial charge in [0.25, 0.3) is 0 Å². The SMILES string of the molecule is CC1CCN(C(=O)C2CCN(S(=O)(=O)c3ccc(C(C)(C)C)cc3)CC2)CC1. The molecule has 156 valence electrons. The molecule has 28 heavy (non-hydrogen) atoms. The molecule has 0 bridgehead atoms. The van der Waals surface area contributed by atoms with Gasteiger partial charge in [-0.1, -0.05) is 39.8 Å². The molecule has 3 rings (SSSR count). The van der Waals surface area contributed by atoms with Crippen molar-refractivity contribution in [1.82, 2.24) is 9.21 Å². The quantitative estimate of drug-likeness (QED) is 0.770. The lowest BCUT2D eigenvalue weighted by Gasteiger charge is -2.36. The van der Waals surface area contributed by atoms with Crippen LogP contribution < -0.4 is 0 Å². The summed E-state index contributed by atoms with van der Waals surface area (Å²) in [6.45, 7) is 11.1. The number of benzene rings is 1. The Kier molecular flexibility index (Phi) is 6.20. The van der Waals surface area contributed by atoms with Crippen LogP contribution in [0.4, 0.5) is 0 Å². The molecule has 2 saturated heterocycles. The van der Waals surface area contributed by atoms with Crippen LogP contribution in [0.5, 0.6) is 0 Å². The van der Waals surface area contributed by atoms with E-state index < -0.39 is 10.0 Å². The Morgan fingerprint density at radius 3 is 1.96 bits per heavy atom. The molecule has 0 saturated carbocycles. The van der Waals surface area contributed by atoms with Gasteiger partial charge in [0.1, 0.15) is 0 Å². The molecule has 1 aromatic rings. The molecule has 2 aliphatic rings. The van der Waals surface area contributed by atoms with E-state index in [4.69, 9.17) is 0 Å². The van der Waals surface area contributed by atoms with Gasteiger partial charge in [-0.05, 0) is 54.7 Å². The fourth-order valence-electron chi connectivity index (χ4n) is 4.11. The first-order valence-electron chi connectivity index (χ1n) is 10.5. The minimum atomic E-state index is -3.50. The van der Waals surface area contributed by atoms with E-state index in [9.17, 15) is 13.2 Å². The summed E-state index contributed by atoms with van der Waals surface area (Å²) in [6.07, 6.45) is 3.38. The minimum absolute atomic E-state index is 0.00670. The Morgan fingerprint density at radius 1 is 0.929 bits per heavy atom. The van der Waals surface area contributed by atoms with Gasteiger partial charge in [0, 0.05) is 32.1 Å². The molecule has 6 heteroatoms. The number of nitrogens with zero attached hydrogens (tertiary/aromatic N) is 2. The summed E-state index contributed by atoms with van der Waals surface area (Å²) in [5.74, 6) is 0.877. The van der Waals surface area contributed by atoms with E-state index in [0.717, 1.165) is 31.5 Å². The van der Waals surface area contributed by atoms with Crippen molar-refractivity contribution in [2.45, 2.75) is 63.7 Å². The molecule has 2 fully saturated rings. The van der Waals surface area contributed by atoms with Crippen molar-refractivity contribution in [3.05, 3.63) is 29.8 Å². The van der Waals surface area contributed by atoms with Crippen molar-refractivity contribution >= 4 is 15.9 Å². The van der Waals surface area contributed by atoms with Gasteiger partial charge in [-0.2, -0.15) is 4.31 Å². The molecule has 0 aromatic heterocycles. The molecule has 5 nitrogen and oxygen atoms in total. The summed E-state index contributed by atoms with van der Waals surface area (Å²) in [7, 11) is -3.50.